The van der Waals surface area contributed by atoms with Crippen molar-refractivity contribution in [2.24, 2.45) is 0 Å². The van der Waals surface area contributed by atoms with E-state index in [1.54, 1.807) is 18.4 Å². The molecule has 112 valence electrons. The number of thiophene rings is 1. The standard InChI is InChI=1S/C13H7Cl5O2S/c1-2-20-13(19)6-3-5(4-21-6)7-8(14)10(16)12(18)11(17)9(7)15/h3-4H,2H2,1H3. The minimum Gasteiger partial charge on any atom is -0.462 e. The van der Waals surface area contributed by atoms with Crippen LogP contribution in [0.5, 0.6) is 0 Å². The molecule has 0 bridgehead atoms. The highest BCUT2D eigenvalue weighted by atomic mass is 35.5. The third-order valence-corrected chi connectivity index (χ3v) is 5.76. The summed E-state index contributed by atoms with van der Waals surface area (Å²) < 4.78 is 4.94. The summed E-state index contributed by atoms with van der Waals surface area (Å²) in [5.41, 5.74) is 1.06. The molecule has 0 amide bonds. The quantitative estimate of drug-likeness (QED) is 0.317. The van der Waals surface area contributed by atoms with Crippen LogP contribution >= 0.6 is 69.3 Å². The lowest BCUT2D eigenvalue weighted by atomic mass is 10.1. The van der Waals surface area contributed by atoms with Crippen molar-refractivity contribution in [1.29, 1.82) is 0 Å². The number of ether oxygens (including phenoxy) is 1. The van der Waals surface area contributed by atoms with Crippen LogP contribution in [0.2, 0.25) is 25.1 Å². The molecule has 0 saturated heterocycles. The Hall–Kier alpha value is -0.160. The van der Waals surface area contributed by atoms with E-state index in [1.807, 2.05) is 0 Å². The van der Waals surface area contributed by atoms with Crippen LogP contribution in [0, 0.1) is 0 Å². The maximum Gasteiger partial charge on any atom is 0.348 e. The van der Waals surface area contributed by atoms with Crippen molar-refractivity contribution < 1.29 is 9.53 Å². The van der Waals surface area contributed by atoms with E-state index in [0.29, 0.717) is 22.6 Å². The van der Waals surface area contributed by atoms with Gasteiger partial charge in [-0.15, -0.1) is 11.3 Å². The van der Waals surface area contributed by atoms with Crippen LogP contribution in [0.15, 0.2) is 11.4 Å². The second-order valence-corrected chi connectivity index (χ2v) is 6.67. The second-order valence-electron chi connectivity index (χ2n) is 3.87. The van der Waals surface area contributed by atoms with Crippen LogP contribution in [0.25, 0.3) is 11.1 Å². The molecule has 1 heterocycles. The number of carbonyl (C=O) groups excluding carboxylic acids is 1. The number of esters is 1. The largest absolute Gasteiger partial charge is 0.462 e. The average molecular weight is 405 g/mol. The maximum absolute atomic E-state index is 11.7. The Morgan fingerprint density at radius 2 is 1.57 bits per heavy atom. The van der Waals surface area contributed by atoms with Crippen molar-refractivity contribution in [2.75, 3.05) is 6.61 Å². The minimum absolute atomic E-state index is 0.0953. The molecule has 8 heteroatoms. The summed E-state index contributed by atoms with van der Waals surface area (Å²) in [5.74, 6) is -0.410. The molecule has 0 aliphatic carbocycles. The van der Waals surface area contributed by atoms with E-state index >= 15 is 0 Å². The Morgan fingerprint density at radius 1 is 1.05 bits per heavy atom. The average Bonchev–Trinajstić information content (AvgIpc) is 2.93. The minimum atomic E-state index is -0.410. The van der Waals surface area contributed by atoms with Crippen LogP contribution in [0.4, 0.5) is 0 Å². The van der Waals surface area contributed by atoms with Gasteiger partial charge in [-0.25, -0.2) is 4.79 Å². The molecule has 0 radical (unpaired) electrons. The van der Waals surface area contributed by atoms with E-state index in [1.165, 1.54) is 11.3 Å². The van der Waals surface area contributed by atoms with Gasteiger partial charge in [0.15, 0.2) is 0 Å². The molecule has 1 aromatic carbocycles. The molecular formula is C13H7Cl5O2S. The number of halogens is 5. The van der Waals surface area contributed by atoms with Gasteiger partial charge in [-0.3, -0.25) is 0 Å². The lowest BCUT2D eigenvalue weighted by Gasteiger charge is -2.11. The van der Waals surface area contributed by atoms with Crippen LogP contribution in [-0.4, -0.2) is 12.6 Å². The predicted octanol–water partition coefficient (Wildman–Crippen LogP) is 6.86. The fourth-order valence-electron chi connectivity index (χ4n) is 1.63. The number of carbonyl (C=O) groups is 1. The molecule has 0 fully saturated rings. The molecule has 21 heavy (non-hydrogen) atoms. The monoisotopic (exact) mass is 402 g/mol. The number of hydrogen-bond donors (Lipinski definition) is 0. The lowest BCUT2D eigenvalue weighted by Crippen LogP contribution is -2.01. The van der Waals surface area contributed by atoms with Gasteiger partial charge in [-0.2, -0.15) is 0 Å². The number of hydrogen-bond acceptors (Lipinski definition) is 3. The summed E-state index contributed by atoms with van der Waals surface area (Å²) in [4.78, 5) is 12.1. The fraction of sp³-hybridized carbons (Fsp3) is 0.154. The first kappa shape index (κ1) is 17.2. The van der Waals surface area contributed by atoms with Crippen molar-refractivity contribution in [2.45, 2.75) is 6.92 Å². The molecular weight excluding hydrogens is 397 g/mol. The Bertz CT molecular complexity index is 682. The number of benzene rings is 1. The zero-order chi connectivity index (χ0) is 15.7. The molecule has 0 unspecified atom stereocenters. The Kier molecular flexibility index (Phi) is 5.69. The zero-order valence-electron chi connectivity index (χ0n) is 10.5. The maximum atomic E-state index is 11.7. The smallest absolute Gasteiger partial charge is 0.348 e. The molecule has 2 rings (SSSR count). The van der Waals surface area contributed by atoms with Crippen LogP contribution in [-0.2, 0) is 4.74 Å². The van der Waals surface area contributed by atoms with Crippen LogP contribution < -0.4 is 0 Å². The van der Waals surface area contributed by atoms with Crippen molar-refractivity contribution in [3.05, 3.63) is 41.4 Å². The molecule has 1 aromatic heterocycles. The zero-order valence-corrected chi connectivity index (χ0v) is 15.1. The summed E-state index contributed by atoms with van der Waals surface area (Å²) in [5, 5.41) is 2.42. The van der Waals surface area contributed by atoms with Crippen molar-refractivity contribution in [3.8, 4) is 11.1 Å². The van der Waals surface area contributed by atoms with E-state index < -0.39 is 5.97 Å². The Labute approximate surface area is 150 Å². The van der Waals surface area contributed by atoms with Gasteiger partial charge in [-0.1, -0.05) is 58.0 Å². The summed E-state index contributed by atoms with van der Waals surface area (Å²) in [6.07, 6.45) is 0. The van der Waals surface area contributed by atoms with E-state index in [-0.39, 0.29) is 25.1 Å². The van der Waals surface area contributed by atoms with E-state index in [4.69, 9.17) is 62.7 Å². The third-order valence-electron chi connectivity index (χ3n) is 2.57. The summed E-state index contributed by atoms with van der Waals surface area (Å²) in [7, 11) is 0. The first-order valence-corrected chi connectivity index (χ1v) is 8.42. The summed E-state index contributed by atoms with van der Waals surface area (Å²) in [6.45, 7) is 2.03. The van der Waals surface area contributed by atoms with Gasteiger partial charge in [0, 0.05) is 5.56 Å². The Balaban J connectivity index is 2.56. The first-order chi connectivity index (χ1) is 9.88. The predicted molar refractivity (Wildman–Crippen MR) is 90.8 cm³/mol. The summed E-state index contributed by atoms with van der Waals surface area (Å²) in [6, 6.07) is 1.62. The van der Waals surface area contributed by atoms with E-state index in [0.717, 1.165) is 0 Å². The highest BCUT2D eigenvalue weighted by Crippen LogP contribution is 2.48. The van der Waals surface area contributed by atoms with Gasteiger partial charge in [-0.05, 0) is 23.9 Å². The van der Waals surface area contributed by atoms with Crippen molar-refractivity contribution >= 4 is 75.3 Å². The van der Waals surface area contributed by atoms with Crippen LogP contribution in [0.3, 0.4) is 0 Å². The highest BCUT2D eigenvalue weighted by molar-refractivity contribution is 7.12. The first-order valence-electron chi connectivity index (χ1n) is 5.65. The SMILES string of the molecule is CCOC(=O)c1cc(-c2c(Cl)c(Cl)c(Cl)c(Cl)c2Cl)cs1. The molecule has 0 spiro atoms. The van der Waals surface area contributed by atoms with E-state index in [2.05, 4.69) is 0 Å². The van der Waals surface area contributed by atoms with Gasteiger partial charge in [0.1, 0.15) is 4.88 Å². The van der Waals surface area contributed by atoms with Gasteiger partial charge < -0.3 is 4.74 Å². The van der Waals surface area contributed by atoms with Gasteiger partial charge in [0.05, 0.1) is 31.7 Å². The lowest BCUT2D eigenvalue weighted by molar-refractivity contribution is 0.0532. The molecule has 0 aliphatic rings. The fourth-order valence-corrected chi connectivity index (χ4v) is 3.78. The van der Waals surface area contributed by atoms with Gasteiger partial charge in [0.25, 0.3) is 0 Å². The van der Waals surface area contributed by atoms with E-state index in [9.17, 15) is 4.79 Å². The topological polar surface area (TPSA) is 26.3 Å². The second kappa shape index (κ2) is 6.95. The van der Waals surface area contributed by atoms with Crippen molar-refractivity contribution in [1.82, 2.24) is 0 Å². The van der Waals surface area contributed by atoms with Crippen molar-refractivity contribution in [3.63, 3.8) is 0 Å². The molecule has 2 nitrogen and oxygen atoms in total. The number of rotatable bonds is 3. The molecule has 0 atom stereocenters. The van der Waals surface area contributed by atoms with Gasteiger partial charge in [0.2, 0.25) is 0 Å². The molecule has 0 saturated carbocycles. The molecule has 0 aliphatic heterocycles. The third kappa shape index (κ3) is 3.29. The van der Waals surface area contributed by atoms with Gasteiger partial charge >= 0.3 is 5.97 Å². The highest BCUT2D eigenvalue weighted by Gasteiger charge is 2.22. The van der Waals surface area contributed by atoms with Crippen LogP contribution in [0.1, 0.15) is 16.6 Å². The molecule has 2 aromatic rings. The normalized spacial score (nSPS) is 10.8. The Morgan fingerprint density at radius 3 is 2.10 bits per heavy atom. The summed E-state index contributed by atoms with van der Waals surface area (Å²) >= 11 is 31.6. The molecule has 0 N–H and O–H groups in total.